The summed E-state index contributed by atoms with van der Waals surface area (Å²) in [6.07, 6.45) is 1.37. The number of rotatable bonds is 5. The molecule has 4 aromatic rings. The van der Waals surface area contributed by atoms with Gasteiger partial charge in [0, 0.05) is 19.2 Å². The average molecular weight is 488 g/mol. The number of aromatic nitrogens is 3. The molecule has 3 amide bonds. The fraction of sp³-hybridized carbons (Fsp3) is 0.269. The van der Waals surface area contributed by atoms with Gasteiger partial charge in [-0.05, 0) is 55.0 Å². The van der Waals surface area contributed by atoms with Gasteiger partial charge in [-0.15, -0.1) is 11.3 Å². The van der Waals surface area contributed by atoms with Crippen LogP contribution in [0.15, 0.2) is 47.8 Å². The topological polar surface area (TPSA) is 106 Å². The van der Waals surface area contributed by atoms with Gasteiger partial charge in [-0.25, -0.2) is 4.98 Å². The molecule has 1 fully saturated rings. The number of nitrogens with one attached hydrogen (secondary N) is 2. The van der Waals surface area contributed by atoms with Crippen molar-refractivity contribution in [1.29, 1.82) is 0 Å². The molecule has 8 nitrogen and oxygen atoms in total. The number of amides is 3. The second kappa shape index (κ2) is 8.74. The van der Waals surface area contributed by atoms with Gasteiger partial charge in [0.2, 0.25) is 11.8 Å². The first-order valence-corrected chi connectivity index (χ1v) is 12.3. The van der Waals surface area contributed by atoms with E-state index >= 15 is 0 Å². The van der Waals surface area contributed by atoms with Crippen LogP contribution in [0.2, 0.25) is 0 Å². The maximum Gasteiger partial charge on any atom is 0.256 e. The van der Waals surface area contributed by atoms with Crippen molar-refractivity contribution in [2.24, 2.45) is 7.05 Å². The summed E-state index contributed by atoms with van der Waals surface area (Å²) in [5.74, 6) is -0.759. The van der Waals surface area contributed by atoms with Crippen LogP contribution in [0.3, 0.4) is 0 Å². The number of piperidine rings is 1. The molecule has 0 saturated carbocycles. The minimum absolute atomic E-state index is 0.237. The third-order valence-electron chi connectivity index (χ3n) is 6.75. The first-order valence-electron chi connectivity index (χ1n) is 11.5. The highest BCUT2D eigenvalue weighted by atomic mass is 32.1. The third kappa shape index (κ3) is 3.91. The Hall–Kier alpha value is -3.85. The number of hydrogen-bond donors (Lipinski definition) is 2. The lowest BCUT2D eigenvalue weighted by Gasteiger charge is -2.35. The van der Waals surface area contributed by atoms with E-state index in [0.717, 1.165) is 27.2 Å². The molecule has 1 unspecified atom stereocenters. The molecule has 9 heteroatoms. The number of fused-ring (bicyclic) bond motifs is 1. The van der Waals surface area contributed by atoms with Gasteiger partial charge in [0.25, 0.3) is 5.91 Å². The molecule has 178 valence electrons. The second-order valence-electron chi connectivity index (χ2n) is 8.78. The Balaban J connectivity index is 1.47. The highest BCUT2D eigenvalue weighted by molar-refractivity contribution is 7.13. The number of anilines is 1. The summed E-state index contributed by atoms with van der Waals surface area (Å²) in [6.45, 7) is 3.81. The first-order chi connectivity index (χ1) is 16.8. The van der Waals surface area contributed by atoms with Crippen molar-refractivity contribution in [2.75, 3.05) is 5.32 Å². The van der Waals surface area contributed by atoms with Crippen LogP contribution in [0.5, 0.6) is 0 Å². The number of pyridine rings is 1. The number of carbonyl (C=O) groups excluding carboxylic acids is 3. The number of nitrogens with zero attached hydrogens (tertiary/aromatic N) is 3. The predicted octanol–water partition coefficient (Wildman–Crippen LogP) is 4.34. The molecule has 1 aliphatic heterocycles. The molecule has 4 heterocycles. The molecule has 1 aromatic carbocycles. The summed E-state index contributed by atoms with van der Waals surface area (Å²) in [6, 6.07) is 13.0. The van der Waals surface area contributed by atoms with Crippen LogP contribution in [-0.4, -0.2) is 32.5 Å². The van der Waals surface area contributed by atoms with Crippen LogP contribution >= 0.6 is 11.3 Å². The summed E-state index contributed by atoms with van der Waals surface area (Å²) >= 11 is 1.56. The Bertz CT molecular complexity index is 1460. The number of hydrogen-bond acceptors (Lipinski definition) is 6. The van der Waals surface area contributed by atoms with E-state index in [-0.39, 0.29) is 17.7 Å². The molecule has 1 aliphatic rings. The lowest BCUT2D eigenvalue weighted by atomic mass is 9.72. The molecule has 1 atom stereocenters. The van der Waals surface area contributed by atoms with E-state index in [2.05, 4.69) is 15.7 Å². The van der Waals surface area contributed by atoms with Crippen molar-refractivity contribution in [3.63, 3.8) is 0 Å². The highest BCUT2D eigenvalue weighted by Gasteiger charge is 2.42. The number of imide groups is 1. The lowest BCUT2D eigenvalue weighted by molar-refractivity contribution is -0.138. The zero-order valence-corrected chi connectivity index (χ0v) is 20.5. The van der Waals surface area contributed by atoms with E-state index in [1.54, 1.807) is 28.2 Å². The van der Waals surface area contributed by atoms with Gasteiger partial charge in [0.15, 0.2) is 5.65 Å². The second-order valence-corrected chi connectivity index (χ2v) is 9.73. The Morgan fingerprint density at radius 1 is 1.23 bits per heavy atom. The maximum atomic E-state index is 13.4. The van der Waals surface area contributed by atoms with E-state index in [9.17, 15) is 14.4 Å². The SMILES string of the molecule is CCC1(c2ccc(NC(=O)c3cc(-c4cccs4)nc4c3c(C)nn4C)cc2)CCC(=O)NC1=O. The Labute approximate surface area is 206 Å². The largest absolute Gasteiger partial charge is 0.322 e. The summed E-state index contributed by atoms with van der Waals surface area (Å²) in [5, 5.41) is 12.6. The van der Waals surface area contributed by atoms with Gasteiger partial charge in [-0.2, -0.15) is 5.10 Å². The van der Waals surface area contributed by atoms with Crippen LogP contribution < -0.4 is 10.6 Å². The molecule has 0 aliphatic carbocycles. The van der Waals surface area contributed by atoms with Crippen LogP contribution in [0, 0.1) is 6.92 Å². The predicted molar refractivity (Wildman–Crippen MR) is 135 cm³/mol. The summed E-state index contributed by atoms with van der Waals surface area (Å²) in [5.41, 5.74) is 3.31. The molecule has 0 bridgehead atoms. The maximum absolute atomic E-state index is 13.4. The zero-order chi connectivity index (χ0) is 24.7. The number of benzene rings is 1. The van der Waals surface area contributed by atoms with E-state index in [1.165, 1.54) is 0 Å². The van der Waals surface area contributed by atoms with Gasteiger partial charge in [0.1, 0.15) is 0 Å². The number of carbonyl (C=O) groups is 3. The fourth-order valence-corrected chi connectivity index (χ4v) is 5.50. The molecule has 5 rings (SSSR count). The van der Waals surface area contributed by atoms with Gasteiger partial charge in [-0.3, -0.25) is 24.4 Å². The third-order valence-corrected chi connectivity index (χ3v) is 7.64. The fourth-order valence-electron chi connectivity index (χ4n) is 4.81. The molecular formula is C26H25N5O3S. The summed E-state index contributed by atoms with van der Waals surface area (Å²) < 4.78 is 1.69. The zero-order valence-electron chi connectivity index (χ0n) is 19.7. The van der Waals surface area contributed by atoms with Crippen molar-refractivity contribution in [3.8, 4) is 10.6 Å². The molecule has 2 N–H and O–H groups in total. The van der Waals surface area contributed by atoms with Crippen molar-refractivity contribution in [3.05, 3.63) is 64.7 Å². The first kappa shape index (κ1) is 22.9. The standard InChI is InChI=1S/C26H25N5O3S/c1-4-26(12-11-21(32)29-25(26)34)16-7-9-17(10-8-16)27-24(33)18-14-19(20-6-5-13-35-20)28-23-22(18)15(2)30-31(23)3/h5-10,13-14H,4,11-12H2,1-3H3,(H,27,33)(H,29,32,34). The van der Waals surface area contributed by atoms with Crippen LogP contribution in [-0.2, 0) is 22.1 Å². The molecule has 1 saturated heterocycles. The molecule has 35 heavy (non-hydrogen) atoms. The van der Waals surface area contributed by atoms with Gasteiger partial charge in [0.05, 0.1) is 32.6 Å². The van der Waals surface area contributed by atoms with E-state index in [1.807, 2.05) is 56.6 Å². The summed E-state index contributed by atoms with van der Waals surface area (Å²) in [7, 11) is 1.82. The molecular weight excluding hydrogens is 462 g/mol. The van der Waals surface area contributed by atoms with Crippen molar-refractivity contribution in [1.82, 2.24) is 20.1 Å². The van der Waals surface area contributed by atoms with Crippen LogP contribution in [0.4, 0.5) is 5.69 Å². The summed E-state index contributed by atoms with van der Waals surface area (Å²) in [4.78, 5) is 43.5. The Morgan fingerprint density at radius 3 is 2.66 bits per heavy atom. The smallest absolute Gasteiger partial charge is 0.256 e. The minimum atomic E-state index is -0.740. The van der Waals surface area contributed by atoms with E-state index < -0.39 is 5.41 Å². The van der Waals surface area contributed by atoms with Gasteiger partial charge >= 0.3 is 0 Å². The average Bonchev–Trinajstić information content (AvgIpc) is 3.48. The normalized spacial score (nSPS) is 18.0. The molecule has 3 aromatic heterocycles. The van der Waals surface area contributed by atoms with Crippen LogP contribution in [0.1, 0.15) is 47.8 Å². The van der Waals surface area contributed by atoms with Crippen molar-refractivity contribution in [2.45, 2.75) is 38.5 Å². The van der Waals surface area contributed by atoms with Gasteiger partial charge < -0.3 is 5.32 Å². The Kier molecular flexibility index (Phi) is 5.72. The van der Waals surface area contributed by atoms with E-state index in [4.69, 9.17) is 4.98 Å². The molecule has 0 spiro atoms. The van der Waals surface area contributed by atoms with Crippen LogP contribution in [0.25, 0.3) is 21.6 Å². The number of aryl methyl sites for hydroxylation is 2. The van der Waals surface area contributed by atoms with Gasteiger partial charge in [-0.1, -0.05) is 25.1 Å². The van der Waals surface area contributed by atoms with E-state index in [0.29, 0.717) is 36.2 Å². The number of thiophene rings is 1. The van der Waals surface area contributed by atoms with Crippen molar-refractivity contribution >= 4 is 45.8 Å². The highest BCUT2D eigenvalue weighted by Crippen LogP contribution is 2.36. The Morgan fingerprint density at radius 2 is 2.00 bits per heavy atom. The van der Waals surface area contributed by atoms with Crippen molar-refractivity contribution < 1.29 is 14.4 Å². The minimum Gasteiger partial charge on any atom is -0.322 e. The monoisotopic (exact) mass is 487 g/mol. The quantitative estimate of drug-likeness (QED) is 0.407. The molecule has 0 radical (unpaired) electrons. The lowest BCUT2D eigenvalue weighted by Crippen LogP contribution is -2.51.